The molecule has 0 aromatic carbocycles. The van der Waals surface area contributed by atoms with Crippen molar-refractivity contribution in [2.75, 3.05) is 7.11 Å². The predicted octanol–water partition coefficient (Wildman–Crippen LogP) is 1.05. The summed E-state index contributed by atoms with van der Waals surface area (Å²) in [5.74, 6) is -0.378. The van der Waals surface area contributed by atoms with E-state index in [1.54, 1.807) is 19.3 Å². The fraction of sp³-hybridized carbons (Fsp3) is 0.250. The van der Waals surface area contributed by atoms with E-state index in [4.69, 9.17) is 17.0 Å². The number of methoxy groups -OCH3 is 1. The molecule has 0 saturated heterocycles. The van der Waals surface area contributed by atoms with E-state index in [9.17, 15) is 4.79 Å². The monoisotopic (exact) mass is 263 g/mol. The van der Waals surface area contributed by atoms with Gasteiger partial charge in [0.1, 0.15) is 0 Å². The van der Waals surface area contributed by atoms with Gasteiger partial charge < -0.3 is 15.4 Å². The molecule has 0 amide bonds. The number of allylic oxidation sites excluding steroid dienone is 1. The SMILES string of the molecule is COC(=O)C1=C(C)NC(=S)NC1c1ccncc1. The van der Waals surface area contributed by atoms with Crippen molar-refractivity contribution in [2.24, 2.45) is 0 Å². The van der Waals surface area contributed by atoms with Crippen molar-refractivity contribution < 1.29 is 9.53 Å². The van der Waals surface area contributed by atoms with Crippen LogP contribution in [0.1, 0.15) is 18.5 Å². The lowest BCUT2D eigenvalue weighted by molar-refractivity contribution is -0.136. The largest absolute Gasteiger partial charge is 0.466 e. The lowest BCUT2D eigenvalue weighted by Gasteiger charge is -2.29. The van der Waals surface area contributed by atoms with Gasteiger partial charge in [0, 0.05) is 18.1 Å². The number of rotatable bonds is 2. The van der Waals surface area contributed by atoms with E-state index in [2.05, 4.69) is 15.6 Å². The fourth-order valence-corrected chi connectivity index (χ4v) is 2.15. The molecule has 1 aromatic heterocycles. The van der Waals surface area contributed by atoms with Gasteiger partial charge in [0.2, 0.25) is 0 Å². The molecule has 0 bridgehead atoms. The normalized spacial score (nSPS) is 19.0. The Labute approximate surface area is 110 Å². The quantitative estimate of drug-likeness (QED) is 0.614. The molecule has 1 aliphatic heterocycles. The molecule has 18 heavy (non-hydrogen) atoms. The van der Waals surface area contributed by atoms with Crippen LogP contribution in [0.4, 0.5) is 0 Å². The standard InChI is InChI=1S/C12H13N3O2S/c1-7-9(11(16)17-2)10(15-12(18)14-7)8-3-5-13-6-4-8/h3-6,10H,1-2H3,(H2,14,15,18). The van der Waals surface area contributed by atoms with Crippen LogP contribution in [0, 0.1) is 0 Å². The van der Waals surface area contributed by atoms with Gasteiger partial charge in [0.05, 0.1) is 18.7 Å². The van der Waals surface area contributed by atoms with Crippen LogP contribution in [-0.4, -0.2) is 23.2 Å². The summed E-state index contributed by atoms with van der Waals surface area (Å²) in [6.45, 7) is 1.80. The van der Waals surface area contributed by atoms with Crippen LogP contribution in [0.2, 0.25) is 0 Å². The topological polar surface area (TPSA) is 63.2 Å². The molecule has 0 radical (unpaired) electrons. The number of esters is 1. The molecule has 2 N–H and O–H groups in total. The lowest BCUT2D eigenvalue weighted by atomic mass is 9.96. The maximum Gasteiger partial charge on any atom is 0.337 e. The first-order chi connectivity index (χ1) is 8.63. The lowest BCUT2D eigenvalue weighted by Crippen LogP contribution is -2.45. The number of ether oxygens (including phenoxy) is 1. The number of nitrogens with one attached hydrogen (secondary N) is 2. The van der Waals surface area contributed by atoms with Crippen LogP contribution in [0.3, 0.4) is 0 Å². The van der Waals surface area contributed by atoms with Crippen molar-refractivity contribution in [3.8, 4) is 0 Å². The zero-order valence-corrected chi connectivity index (χ0v) is 10.9. The van der Waals surface area contributed by atoms with Crippen molar-refractivity contribution in [2.45, 2.75) is 13.0 Å². The second-order valence-electron chi connectivity index (χ2n) is 3.84. The maximum atomic E-state index is 11.8. The van der Waals surface area contributed by atoms with Crippen LogP contribution in [0.15, 0.2) is 35.8 Å². The Hall–Kier alpha value is -1.95. The number of carbonyl (C=O) groups is 1. The third kappa shape index (κ3) is 2.33. The third-order valence-electron chi connectivity index (χ3n) is 2.71. The summed E-state index contributed by atoms with van der Waals surface area (Å²) in [5.41, 5.74) is 2.14. The number of pyridine rings is 1. The molecule has 0 spiro atoms. The van der Waals surface area contributed by atoms with Crippen LogP contribution in [0.25, 0.3) is 0 Å². The van der Waals surface area contributed by atoms with Gasteiger partial charge in [0.15, 0.2) is 5.11 Å². The van der Waals surface area contributed by atoms with Crippen LogP contribution < -0.4 is 10.6 Å². The van der Waals surface area contributed by atoms with Crippen molar-refractivity contribution in [1.82, 2.24) is 15.6 Å². The summed E-state index contributed by atoms with van der Waals surface area (Å²) in [6.07, 6.45) is 3.35. The average molecular weight is 263 g/mol. The molecule has 0 fully saturated rings. The number of nitrogens with zero attached hydrogens (tertiary/aromatic N) is 1. The van der Waals surface area contributed by atoms with Gasteiger partial charge in [-0.15, -0.1) is 0 Å². The molecule has 0 saturated carbocycles. The van der Waals surface area contributed by atoms with Gasteiger partial charge in [0.25, 0.3) is 0 Å². The molecule has 2 rings (SSSR count). The molecule has 0 aliphatic carbocycles. The predicted molar refractivity (Wildman–Crippen MR) is 70.6 cm³/mol. The second kappa shape index (κ2) is 5.14. The summed E-state index contributed by atoms with van der Waals surface area (Å²) >= 11 is 5.11. The number of carbonyl (C=O) groups excluding carboxylic acids is 1. The Balaban J connectivity index is 2.46. The van der Waals surface area contributed by atoms with Crippen molar-refractivity contribution in [3.05, 3.63) is 41.4 Å². The molecular formula is C12H13N3O2S. The van der Waals surface area contributed by atoms with E-state index in [0.29, 0.717) is 16.4 Å². The van der Waals surface area contributed by atoms with E-state index >= 15 is 0 Å². The highest BCUT2D eigenvalue weighted by atomic mass is 32.1. The summed E-state index contributed by atoms with van der Waals surface area (Å²) in [7, 11) is 1.36. The highest BCUT2D eigenvalue weighted by molar-refractivity contribution is 7.80. The van der Waals surface area contributed by atoms with Crippen molar-refractivity contribution >= 4 is 23.3 Å². The van der Waals surface area contributed by atoms with E-state index in [1.807, 2.05) is 12.1 Å². The van der Waals surface area contributed by atoms with Gasteiger partial charge in [-0.25, -0.2) is 4.79 Å². The Morgan fingerprint density at radius 3 is 2.72 bits per heavy atom. The molecular weight excluding hydrogens is 250 g/mol. The molecule has 94 valence electrons. The molecule has 1 unspecified atom stereocenters. The molecule has 1 aromatic rings. The first-order valence-corrected chi connectivity index (χ1v) is 5.81. The van der Waals surface area contributed by atoms with Crippen LogP contribution in [-0.2, 0) is 9.53 Å². The zero-order chi connectivity index (χ0) is 13.1. The van der Waals surface area contributed by atoms with Gasteiger partial charge in [-0.2, -0.15) is 0 Å². The minimum absolute atomic E-state index is 0.311. The van der Waals surface area contributed by atoms with Crippen LogP contribution in [0.5, 0.6) is 0 Å². The summed E-state index contributed by atoms with van der Waals surface area (Å²) in [6, 6.07) is 3.36. The summed E-state index contributed by atoms with van der Waals surface area (Å²) < 4.78 is 4.81. The van der Waals surface area contributed by atoms with E-state index in [-0.39, 0.29) is 12.0 Å². The summed E-state index contributed by atoms with van der Waals surface area (Å²) in [4.78, 5) is 15.8. The number of hydrogen-bond acceptors (Lipinski definition) is 4. The number of hydrogen-bond donors (Lipinski definition) is 2. The Morgan fingerprint density at radius 1 is 1.44 bits per heavy atom. The number of aromatic nitrogens is 1. The molecule has 1 aliphatic rings. The van der Waals surface area contributed by atoms with E-state index < -0.39 is 0 Å². The van der Waals surface area contributed by atoms with Gasteiger partial charge in [-0.05, 0) is 36.8 Å². The zero-order valence-electron chi connectivity index (χ0n) is 10.1. The first-order valence-electron chi connectivity index (χ1n) is 5.40. The minimum Gasteiger partial charge on any atom is -0.466 e. The highest BCUT2D eigenvalue weighted by Gasteiger charge is 2.30. The van der Waals surface area contributed by atoms with Gasteiger partial charge in [-0.1, -0.05) is 0 Å². The second-order valence-corrected chi connectivity index (χ2v) is 4.25. The smallest absolute Gasteiger partial charge is 0.337 e. The van der Waals surface area contributed by atoms with Gasteiger partial charge in [-0.3, -0.25) is 4.98 Å². The Bertz CT molecular complexity index is 513. The fourth-order valence-electron chi connectivity index (χ4n) is 1.88. The van der Waals surface area contributed by atoms with Crippen molar-refractivity contribution in [3.63, 3.8) is 0 Å². The highest BCUT2D eigenvalue weighted by Crippen LogP contribution is 2.26. The summed E-state index contributed by atoms with van der Waals surface area (Å²) in [5, 5.41) is 6.48. The van der Waals surface area contributed by atoms with Crippen LogP contribution >= 0.6 is 12.2 Å². The molecule has 1 atom stereocenters. The Kier molecular flexibility index (Phi) is 3.57. The van der Waals surface area contributed by atoms with Gasteiger partial charge >= 0.3 is 5.97 Å². The first kappa shape index (κ1) is 12.5. The third-order valence-corrected chi connectivity index (χ3v) is 2.93. The van der Waals surface area contributed by atoms with E-state index in [0.717, 1.165) is 5.56 Å². The maximum absolute atomic E-state index is 11.8. The molecule has 2 heterocycles. The van der Waals surface area contributed by atoms with Crippen molar-refractivity contribution in [1.29, 1.82) is 0 Å². The number of thiocarbonyl (C=S) groups is 1. The minimum atomic E-state index is -0.378. The Morgan fingerprint density at radius 2 is 2.11 bits per heavy atom. The molecule has 5 nitrogen and oxygen atoms in total. The molecule has 6 heteroatoms. The average Bonchev–Trinajstić information content (AvgIpc) is 2.38. The van der Waals surface area contributed by atoms with E-state index in [1.165, 1.54) is 7.11 Å².